The first kappa shape index (κ1) is 22.2. The van der Waals surface area contributed by atoms with E-state index in [-0.39, 0.29) is 29.2 Å². The number of thiophene rings is 1. The molecule has 0 bridgehead atoms. The Morgan fingerprint density at radius 1 is 1.24 bits per heavy atom. The fraction of sp³-hybridized carbons (Fsp3) is 0.481. The van der Waals surface area contributed by atoms with E-state index in [4.69, 9.17) is 0 Å². The van der Waals surface area contributed by atoms with Gasteiger partial charge >= 0.3 is 5.97 Å². The van der Waals surface area contributed by atoms with Crippen molar-refractivity contribution in [2.45, 2.75) is 64.3 Å². The lowest BCUT2D eigenvalue weighted by atomic mass is 9.60. The van der Waals surface area contributed by atoms with E-state index in [1.54, 1.807) is 11.3 Å². The van der Waals surface area contributed by atoms with Crippen LogP contribution in [-0.2, 0) is 9.59 Å². The van der Waals surface area contributed by atoms with Gasteiger partial charge in [0.25, 0.3) is 0 Å². The molecule has 1 saturated carbocycles. The molecule has 1 saturated heterocycles. The minimum absolute atomic E-state index is 0.0328. The molecule has 2 aliphatic rings. The summed E-state index contributed by atoms with van der Waals surface area (Å²) in [5, 5.41) is 13.1. The Bertz CT molecular complexity index is 1170. The number of aromatic nitrogens is 1. The number of fused-ring (bicyclic) bond motifs is 2. The van der Waals surface area contributed by atoms with E-state index in [0.29, 0.717) is 6.42 Å². The van der Waals surface area contributed by atoms with Crippen molar-refractivity contribution in [2.75, 3.05) is 6.54 Å². The Hall–Kier alpha value is -2.60. The number of hydrogen-bond donors (Lipinski definition) is 2. The van der Waals surface area contributed by atoms with E-state index in [2.05, 4.69) is 60.7 Å². The number of carbonyl (C=O) groups is 2. The van der Waals surface area contributed by atoms with Crippen molar-refractivity contribution in [3.8, 4) is 10.4 Å². The van der Waals surface area contributed by atoms with E-state index in [9.17, 15) is 14.7 Å². The highest BCUT2D eigenvalue weighted by molar-refractivity contribution is 7.13. The maximum atomic E-state index is 13.6. The summed E-state index contributed by atoms with van der Waals surface area (Å²) in [5.41, 5.74) is 3.15. The molecule has 5 nitrogen and oxygen atoms in total. The van der Waals surface area contributed by atoms with Crippen LogP contribution in [0, 0.1) is 11.3 Å². The van der Waals surface area contributed by atoms with Crippen LogP contribution < -0.4 is 0 Å². The Morgan fingerprint density at radius 3 is 2.85 bits per heavy atom. The average molecular weight is 465 g/mol. The number of aromatic amines is 1. The second-order valence-corrected chi connectivity index (χ2v) is 11.0. The summed E-state index contributed by atoms with van der Waals surface area (Å²) in [5.74, 6) is -0.831. The molecule has 2 fully saturated rings. The monoisotopic (exact) mass is 464 g/mol. The molecule has 1 aliphatic carbocycles. The Balaban J connectivity index is 1.41. The second kappa shape index (κ2) is 8.64. The third-order valence-corrected chi connectivity index (χ3v) is 9.07. The molecule has 2 N–H and O–H groups in total. The molecule has 2 aromatic heterocycles. The maximum absolute atomic E-state index is 13.6. The molecule has 6 heteroatoms. The van der Waals surface area contributed by atoms with Crippen LogP contribution in [0.25, 0.3) is 21.3 Å². The third-order valence-electron chi connectivity index (χ3n) is 8.17. The highest BCUT2D eigenvalue weighted by Gasteiger charge is 2.52. The highest BCUT2D eigenvalue weighted by atomic mass is 32.1. The van der Waals surface area contributed by atoms with Crippen LogP contribution in [0.2, 0.25) is 0 Å². The molecule has 174 valence electrons. The van der Waals surface area contributed by atoms with Crippen molar-refractivity contribution in [1.82, 2.24) is 9.88 Å². The number of piperidine rings is 1. The maximum Gasteiger partial charge on any atom is 0.307 e. The molecule has 1 aromatic carbocycles. The number of aliphatic carboxylic acids is 1. The summed E-state index contributed by atoms with van der Waals surface area (Å²) in [6.45, 7) is 4.98. The molecule has 4 unspecified atom stereocenters. The molecule has 1 aliphatic heterocycles. The Kier molecular flexibility index (Phi) is 5.81. The first-order valence-corrected chi connectivity index (χ1v) is 12.9. The first-order valence-electron chi connectivity index (χ1n) is 12.1. The summed E-state index contributed by atoms with van der Waals surface area (Å²) in [7, 11) is 0. The Labute approximate surface area is 198 Å². The van der Waals surface area contributed by atoms with Crippen LogP contribution in [0.15, 0.2) is 41.9 Å². The topological polar surface area (TPSA) is 73.4 Å². The first-order chi connectivity index (χ1) is 15.9. The summed E-state index contributed by atoms with van der Waals surface area (Å²) < 4.78 is 0. The van der Waals surface area contributed by atoms with E-state index < -0.39 is 5.97 Å². The van der Waals surface area contributed by atoms with Gasteiger partial charge in [-0.15, -0.1) is 11.3 Å². The van der Waals surface area contributed by atoms with Gasteiger partial charge in [0.2, 0.25) is 5.91 Å². The number of carboxylic acids is 1. The number of rotatable bonds is 5. The van der Waals surface area contributed by atoms with Gasteiger partial charge in [-0.25, -0.2) is 0 Å². The number of amides is 1. The lowest BCUT2D eigenvalue weighted by Crippen LogP contribution is -2.59. The van der Waals surface area contributed by atoms with Crippen LogP contribution >= 0.6 is 11.3 Å². The standard InChI is InChI=1S/C27H32N2O3S/c1-17(19-16-28-21-9-3-7-18(25(19)21)22-10-5-14-33-22)15-24(30)29-13-6-12-27(2)20(26(31)32)8-4-11-23(27)29/h3,5,7,9-10,14,16-17,20,23,28H,4,6,8,11-13,15H2,1-2H3,(H,31,32). The molecule has 5 rings (SSSR count). The van der Waals surface area contributed by atoms with Gasteiger partial charge in [0.05, 0.1) is 5.92 Å². The van der Waals surface area contributed by atoms with Crippen LogP contribution in [0.3, 0.4) is 0 Å². The molecule has 0 spiro atoms. The van der Waals surface area contributed by atoms with Crippen molar-refractivity contribution in [1.29, 1.82) is 0 Å². The van der Waals surface area contributed by atoms with Gasteiger partial charge in [0.15, 0.2) is 0 Å². The second-order valence-electron chi connectivity index (χ2n) is 10.1. The van der Waals surface area contributed by atoms with Crippen LogP contribution in [-0.4, -0.2) is 39.5 Å². The smallest absolute Gasteiger partial charge is 0.307 e. The zero-order valence-corrected chi connectivity index (χ0v) is 20.2. The third kappa shape index (κ3) is 3.78. The molecular formula is C27H32N2O3S. The number of carboxylic acid groups (broad SMARTS) is 1. The van der Waals surface area contributed by atoms with Gasteiger partial charge < -0.3 is 15.0 Å². The van der Waals surface area contributed by atoms with Gasteiger partial charge in [0, 0.05) is 52.0 Å². The van der Waals surface area contributed by atoms with Crippen LogP contribution in [0.4, 0.5) is 0 Å². The number of hydrogen-bond acceptors (Lipinski definition) is 3. The van der Waals surface area contributed by atoms with Crippen LogP contribution in [0.5, 0.6) is 0 Å². The fourth-order valence-corrected chi connectivity index (χ4v) is 7.23. The van der Waals surface area contributed by atoms with Crippen molar-refractivity contribution in [2.24, 2.45) is 11.3 Å². The summed E-state index contributed by atoms with van der Waals surface area (Å²) in [6, 6.07) is 10.6. The SMILES string of the molecule is CC(CC(=O)N1CCCC2(C)C(C(=O)O)CCCC12)c1c[nH]c2cccc(-c3cccs3)c12. The highest BCUT2D eigenvalue weighted by Crippen LogP contribution is 2.50. The zero-order chi connectivity index (χ0) is 23.2. The molecule has 33 heavy (non-hydrogen) atoms. The largest absolute Gasteiger partial charge is 0.481 e. The molecule has 3 aromatic rings. The number of H-pyrrole nitrogens is 1. The number of nitrogens with zero attached hydrogens (tertiary/aromatic N) is 1. The van der Waals surface area contributed by atoms with E-state index >= 15 is 0 Å². The van der Waals surface area contributed by atoms with Gasteiger partial charge in [-0.3, -0.25) is 9.59 Å². The van der Waals surface area contributed by atoms with E-state index in [0.717, 1.165) is 44.2 Å². The lowest BCUT2D eigenvalue weighted by Gasteiger charge is -2.53. The quantitative estimate of drug-likeness (QED) is 0.467. The van der Waals surface area contributed by atoms with Crippen molar-refractivity contribution in [3.63, 3.8) is 0 Å². The van der Waals surface area contributed by atoms with Gasteiger partial charge in [0.1, 0.15) is 0 Å². The van der Waals surface area contributed by atoms with Crippen molar-refractivity contribution >= 4 is 34.1 Å². The molecule has 3 heterocycles. The molecular weight excluding hydrogens is 432 g/mol. The average Bonchev–Trinajstić information content (AvgIpc) is 3.47. The lowest BCUT2D eigenvalue weighted by molar-refractivity contribution is -0.160. The van der Waals surface area contributed by atoms with Crippen molar-refractivity contribution < 1.29 is 14.7 Å². The molecule has 0 radical (unpaired) electrons. The fourth-order valence-electron chi connectivity index (χ4n) is 6.48. The minimum Gasteiger partial charge on any atom is -0.481 e. The van der Waals surface area contributed by atoms with Gasteiger partial charge in [-0.2, -0.15) is 0 Å². The van der Waals surface area contributed by atoms with Gasteiger partial charge in [-0.1, -0.05) is 38.5 Å². The number of carbonyl (C=O) groups excluding carboxylic acids is 1. The van der Waals surface area contributed by atoms with Gasteiger partial charge in [-0.05, 0) is 54.7 Å². The number of benzene rings is 1. The molecule has 4 atom stereocenters. The van der Waals surface area contributed by atoms with E-state index in [1.807, 2.05) is 4.90 Å². The predicted molar refractivity (Wildman–Crippen MR) is 132 cm³/mol. The zero-order valence-electron chi connectivity index (χ0n) is 19.3. The predicted octanol–water partition coefficient (Wildman–Crippen LogP) is 6.27. The number of likely N-dealkylation sites (tertiary alicyclic amines) is 1. The minimum atomic E-state index is -0.704. The summed E-state index contributed by atoms with van der Waals surface area (Å²) >= 11 is 1.73. The molecule has 1 amide bonds. The number of nitrogens with one attached hydrogen (secondary N) is 1. The van der Waals surface area contributed by atoms with E-state index in [1.165, 1.54) is 21.4 Å². The van der Waals surface area contributed by atoms with Crippen molar-refractivity contribution in [3.05, 3.63) is 47.5 Å². The Morgan fingerprint density at radius 2 is 2.09 bits per heavy atom. The summed E-state index contributed by atoms with van der Waals surface area (Å²) in [6.07, 6.45) is 6.78. The normalized spacial score (nSPS) is 26.2. The van der Waals surface area contributed by atoms with Crippen LogP contribution in [0.1, 0.15) is 63.9 Å². The summed E-state index contributed by atoms with van der Waals surface area (Å²) in [4.78, 5) is 32.2.